The molecule has 0 fully saturated rings. The molecule has 1 unspecified atom stereocenters. The Labute approximate surface area is 92.1 Å². The van der Waals surface area contributed by atoms with E-state index >= 15 is 0 Å². The summed E-state index contributed by atoms with van der Waals surface area (Å²) in [6.45, 7) is 6.26. The van der Waals surface area contributed by atoms with Crippen LogP contribution in [0.2, 0.25) is 0 Å². The quantitative estimate of drug-likeness (QED) is 0.753. The number of hydrogen-bond acceptors (Lipinski definition) is 2. The van der Waals surface area contributed by atoms with Gasteiger partial charge in [0.15, 0.2) is 0 Å². The normalized spacial score (nSPS) is 11.9. The van der Waals surface area contributed by atoms with E-state index in [-0.39, 0.29) is 6.04 Å². The van der Waals surface area contributed by atoms with Crippen LogP contribution in [0.1, 0.15) is 24.5 Å². The fraction of sp³-hybridized carbons (Fsp3) is 0.462. The van der Waals surface area contributed by atoms with Gasteiger partial charge in [0.05, 0.1) is 12.5 Å². The lowest BCUT2D eigenvalue weighted by Crippen LogP contribution is -2.28. The number of hydrogen-bond donors (Lipinski definition) is 0. The van der Waals surface area contributed by atoms with Crippen LogP contribution in [-0.2, 0) is 0 Å². The van der Waals surface area contributed by atoms with E-state index in [1.165, 1.54) is 16.8 Å². The standard InChI is InChI=1S/C13H18N2/c1-10-5-6-11(2)13(9-10)15(4)12(3)7-8-14/h5-6,9,12H,7H2,1-4H3. The number of nitriles is 1. The highest BCUT2D eigenvalue weighted by molar-refractivity contribution is 5.55. The highest BCUT2D eigenvalue weighted by atomic mass is 15.1. The Morgan fingerprint density at radius 2 is 2.07 bits per heavy atom. The fourth-order valence-electron chi connectivity index (χ4n) is 1.61. The van der Waals surface area contributed by atoms with Crippen LogP contribution in [0, 0.1) is 25.2 Å². The summed E-state index contributed by atoms with van der Waals surface area (Å²) in [5, 5.41) is 8.68. The fourth-order valence-corrected chi connectivity index (χ4v) is 1.61. The molecule has 0 bridgehead atoms. The van der Waals surface area contributed by atoms with Gasteiger partial charge >= 0.3 is 0 Å². The van der Waals surface area contributed by atoms with E-state index in [0.717, 1.165) is 0 Å². The lowest BCUT2D eigenvalue weighted by atomic mass is 10.1. The highest BCUT2D eigenvalue weighted by Gasteiger charge is 2.11. The van der Waals surface area contributed by atoms with Crippen LogP contribution in [0.15, 0.2) is 18.2 Å². The zero-order valence-corrected chi connectivity index (χ0v) is 9.91. The van der Waals surface area contributed by atoms with Crippen molar-refractivity contribution >= 4 is 5.69 Å². The Kier molecular flexibility index (Phi) is 3.74. The summed E-state index contributed by atoms with van der Waals surface area (Å²) in [5.74, 6) is 0. The minimum atomic E-state index is 0.260. The Balaban J connectivity index is 2.95. The summed E-state index contributed by atoms with van der Waals surface area (Å²) < 4.78 is 0. The van der Waals surface area contributed by atoms with Gasteiger partial charge in [-0.1, -0.05) is 12.1 Å². The SMILES string of the molecule is Cc1ccc(C)c(N(C)C(C)CC#N)c1. The van der Waals surface area contributed by atoms with Crippen LogP contribution in [0.5, 0.6) is 0 Å². The first-order valence-electron chi connectivity index (χ1n) is 5.23. The number of rotatable bonds is 3. The molecule has 80 valence electrons. The molecule has 0 aliphatic carbocycles. The van der Waals surface area contributed by atoms with Gasteiger partial charge < -0.3 is 4.90 Å². The van der Waals surface area contributed by atoms with Gasteiger partial charge in [-0.25, -0.2) is 0 Å². The third-order valence-corrected chi connectivity index (χ3v) is 2.79. The Hall–Kier alpha value is -1.49. The average Bonchev–Trinajstić information content (AvgIpc) is 2.21. The monoisotopic (exact) mass is 202 g/mol. The largest absolute Gasteiger partial charge is 0.371 e. The van der Waals surface area contributed by atoms with Crippen molar-refractivity contribution in [3.05, 3.63) is 29.3 Å². The molecule has 2 heteroatoms. The molecule has 1 rings (SSSR count). The van der Waals surface area contributed by atoms with Gasteiger partial charge in [-0.15, -0.1) is 0 Å². The molecule has 15 heavy (non-hydrogen) atoms. The first-order valence-corrected chi connectivity index (χ1v) is 5.23. The molecule has 2 nitrogen and oxygen atoms in total. The van der Waals surface area contributed by atoms with Gasteiger partial charge in [0.2, 0.25) is 0 Å². The predicted molar refractivity (Wildman–Crippen MR) is 64.0 cm³/mol. The third-order valence-electron chi connectivity index (χ3n) is 2.79. The van der Waals surface area contributed by atoms with Crippen LogP contribution in [0.3, 0.4) is 0 Å². The average molecular weight is 202 g/mol. The lowest BCUT2D eigenvalue weighted by molar-refractivity contribution is 0.700. The topological polar surface area (TPSA) is 27.0 Å². The number of anilines is 1. The van der Waals surface area contributed by atoms with Crippen molar-refractivity contribution in [2.75, 3.05) is 11.9 Å². The molecular formula is C13H18N2. The maximum absolute atomic E-state index is 8.68. The maximum atomic E-state index is 8.68. The second-order valence-corrected chi connectivity index (χ2v) is 4.11. The van der Waals surface area contributed by atoms with Crippen molar-refractivity contribution in [3.63, 3.8) is 0 Å². The van der Waals surface area contributed by atoms with E-state index in [1.807, 2.05) is 7.05 Å². The minimum Gasteiger partial charge on any atom is -0.371 e. The molecule has 0 aromatic heterocycles. The smallest absolute Gasteiger partial charge is 0.0643 e. The number of aryl methyl sites for hydroxylation is 2. The molecule has 0 heterocycles. The van der Waals surface area contributed by atoms with Crippen molar-refractivity contribution in [3.8, 4) is 6.07 Å². The lowest BCUT2D eigenvalue weighted by Gasteiger charge is -2.27. The molecule has 0 N–H and O–H groups in total. The Morgan fingerprint density at radius 1 is 1.40 bits per heavy atom. The summed E-state index contributed by atoms with van der Waals surface area (Å²) in [5.41, 5.74) is 3.73. The molecule has 0 aliphatic rings. The van der Waals surface area contributed by atoms with Crippen molar-refractivity contribution in [2.45, 2.75) is 33.2 Å². The first-order chi connectivity index (χ1) is 7.06. The first kappa shape index (κ1) is 11.6. The predicted octanol–water partition coefficient (Wildman–Crippen LogP) is 3.04. The molecule has 0 saturated carbocycles. The molecule has 0 aliphatic heterocycles. The summed E-state index contributed by atoms with van der Waals surface area (Å²) in [7, 11) is 2.05. The highest BCUT2D eigenvalue weighted by Crippen LogP contribution is 2.22. The Morgan fingerprint density at radius 3 is 2.67 bits per heavy atom. The van der Waals surface area contributed by atoms with Crippen LogP contribution in [0.25, 0.3) is 0 Å². The summed E-state index contributed by atoms with van der Waals surface area (Å²) in [6.07, 6.45) is 0.559. The maximum Gasteiger partial charge on any atom is 0.0643 e. The summed E-state index contributed by atoms with van der Waals surface area (Å²) >= 11 is 0. The van der Waals surface area contributed by atoms with Crippen LogP contribution in [-0.4, -0.2) is 13.1 Å². The van der Waals surface area contributed by atoms with Crippen LogP contribution in [0.4, 0.5) is 5.69 Å². The Bertz CT molecular complexity index is 377. The molecule has 0 radical (unpaired) electrons. The van der Waals surface area contributed by atoms with E-state index in [0.29, 0.717) is 6.42 Å². The second-order valence-electron chi connectivity index (χ2n) is 4.11. The summed E-state index contributed by atoms with van der Waals surface area (Å²) in [6, 6.07) is 8.88. The van der Waals surface area contributed by atoms with Gasteiger partial charge in [-0.3, -0.25) is 0 Å². The third kappa shape index (κ3) is 2.73. The van der Waals surface area contributed by atoms with Crippen molar-refractivity contribution in [1.82, 2.24) is 0 Å². The van der Waals surface area contributed by atoms with E-state index < -0.39 is 0 Å². The van der Waals surface area contributed by atoms with E-state index in [2.05, 4.69) is 49.9 Å². The van der Waals surface area contributed by atoms with Gasteiger partial charge in [-0.2, -0.15) is 5.26 Å². The van der Waals surface area contributed by atoms with Crippen LogP contribution >= 0.6 is 0 Å². The van der Waals surface area contributed by atoms with Crippen LogP contribution < -0.4 is 4.90 Å². The number of benzene rings is 1. The molecule has 1 aromatic rings. The van der Waals surface area contributed by atoms with E-state index in [4.69, 9.17) is 5.26 Å². The zero-order chi connectivity index (χ0) is 11.4. The minimum absolute atomic E-state index is 0.260. The van der Waals surface area contributed by atoms with Crippen molar-refractivity contribution in [2.24, 2.45) is 0 Å². The van der Waals surface area contributed by atoms with E-state index in [1.54, 1.807) is 0 Å². The molecule has 0 spiro atoms. The molecule has 0 amide bonds. The second kappa shape index (κ2) is 4.84. The van der Waals surface area contributed by atoms with Gasteiger partial charge in [-0.05, 0) is 38.0 Å². The summed E-state index contributed by atoms with van der Waals surface area (Å²) in [4.78, 5) is 2.17. The van der Waals surface area contributed by atoms with Gasteiger partial charge in [0.1, 0.15) is 0 Å². The molecule has 1 aromatic carbocycles. The van der Waals surface area contributed by atoms with E-state index in [9.17, 15) is 0 Å². The van der Waals surface area contributed by atoms with Gasteiger partial charge in [0, 0.05) is 18.8 Å². The zero-order valence-electron chi connectivity index (χ0n) is 9.91. The van der Waals surface area contributed by atoms with Crippen molar-refractivity contribution < 1.29 is 0 Å². The van der Waals surface area contributed by atoms with Crippen molar-refractivity contribution in [1.29, 1.82) is 5.26 Å². The van der Waals surface area contributed by atoms with Gasteiger partial charge in [0.25, 0.3) is 0 Å². The molecule has 0 saturated heterocycles. The number of nitrogens with zero attached hydrogens (tertiary/aromatic N) is 2. The molecular weight excluding hydrogens is 184 g/mol. The molecule has 1 atom stereocenters.